The first-order valence-corrected chi connectivity index (χ1v) is 14.5. The smallest absolute Gasteiger partial charge is 0.271 e. The molecule has 0 radical (unpaired) electrons. The van der Waals surface area contributed by atoms with Crippen LogP contribution in [-0.4, -0.2) is 34.7 Å². The molecule has 0 saturated heterocycles. The summed E-state index contributed by atoms with van der Waals surface area (Å²) >= 11 is 12.2. The van der Waals surface area contributed by atoms with Crippen LogP contribution in [0.4, 0.5) is 5.69 Å². The van der Waals surface area contributed by atoms with Crippen molar-refractivity contribution in [2.24, 2.45) is 5.10 Å². The number of sulfonamides is 1. The number of ether oxygens (including phenoxy) is 2. The van der Waals surface area contributed by atoms with Gasteiger partial charge in [-0.15, -0.1) is 0 Å². The molecule has 0 atom stereocenters. The number of nitrogens with one attached hydrogen (secondary N) is 1. The molecule has 0 saturated carbocycles. The first-order valence-electron chi connectivity index (χ1n) is 12.3. The average molecular weight is 613 g/mol. The van der Waals surface area contributed by atoms with Gasteiger partial charge in [-0.1, -0.05) is 47.0 Å². The van der Waals surface area contributed by atoms with Crippen LogP contribution in [0.2, 0.25) is 10.0 Å². The number of carbonyl (C=O) groups excluding carboxylic acids is 1. The lowest BCUT2D eigenvalue weighted by Crippen LogP contribution is -2.26. The van der Waals surface area contributed by atoms with Gasteiger partial charge in [0, 0.05) is 28.2 Å². The summed E-state index contributed by atoms with van der Waals surface area (Å²) in [5.74, 6) is 0.531. The maximum Gasteiger partial charge on any atom is 0.271 e. The zero-order valence-corrected chi connectivity index (χ0v) is 24.8. The van der Waals surface area contributed by atoms with E-state index in [-0.39, 0.29) is 11.5 Å². The molecule has 0 fully saturated rings. The molecule has 0 aliphatic rings. The Labute approximate surface area is 249 Å². The molecular weight excluding hydrogens is 585 g/mol. The summed E-state index contributed by atoms with van der Waals surface area (Å²) in [5.41, 5.74) is 5.60. The van der Waals surface area contributed by atoms with Crippen LogP contribution >= 0.6 is 23.2 Å². The van der Waals surface area contributed by atoms with Crippen LogP contribution in [-0.2, 0) is 16.6 Å². The molecule has 212 valence electrons. The number of hydrogen-bond donors (Lipinski definition) is 1. The van der Waals surface area contributed by atoms with Gasteiger partial charge in [-0.3, -0.25) is 9.10 Å². The number of halogens is 2. The zero-order chi connectivity index (χ0) is 29.6. The van der Waals surface area contributed by atoms with Gasteiger partial charge in [-0.25, -0.2) is 13.8 Å². The highest BCUT2D eigenvalue weighted by Gasteiger charge is 2.21. The molecule has 4 aromatic rings. The van der Waals surface area contributed by atoms with Gasteiger partial charge in [-0.2, -0.15) is 5.10 Å². The Morgan fingerprint density at radius 1 is 0.951 bits per heavy atom. The van der Waals surface area contributed by atoms with Gasteiger partial charge >= 0.3 is 0 Å². The van der Waals surface area contributed by atoms with E-state index in [1.54, 1.807) is 72.8 Å². The fourth-order valence-corrected chi connectivity index (χ4v) is 5.40. The SMILES string of the molecule is COc1cc(/C=N\NC(=O)c2ccc(N(C)S(=O)(=O)c3ccc(C)cc3)cc2)ccc1OCc1ccc(Cl)cc1Cl. The molecular formula is C30H27Cl2N3O5S. The van der Waals surface area contributed by atoms with Crippen LogP contribution < -0.4 is 19.2 Å². The first kappa shape index (κ1) is 29.9. The van der Waals surface area contributed by atoms with Crippen molar-refractivity contribution in [3.63, 3.8) is 0 Å². The van der Waals surface area contributed by atoms with E-state index in [1.807, 2.05) is 6.92 Å². The van der Waals surface area contributed by atoms with Gasteiger partial charge in [-0.05, 0) is 79.2 Å². The Balaban J connectivity index is 1.37. The second-order valence-corrected chi connectivity index (χ2v) is 11.8. The third-order valence-corrected chi connectivity index (χ3v) is 8.52. The largest absolute Gasteiger partial charge is 0.493 e. The number of carbonyl (C=O) groups is 1. The molecule has 0 aliphatic carbocycles. The molecule has 0 heterocycles. The van der Waals surface area contributed by atoms with Crippen molar-refractivity contribution in [3.8, 4) is 11.5 Å². The maximum atomic E-state index is 12.9. The molecule has 11 heteroatoms. The average Bonchev–Trinajstić information content (AvgIpc) is 2.97. The predicted molar refractivity (Wildman–Crippen MR) is 162 cm³/mol. The lowest BCUT2D eigenvalue weighted by Gasteiger charge is -2.19. The second-order valence-electron chi connectivity index (χ2n) is 8.97. The van der Waals surface area contributed by atoms with E-state index in [0.29, 0.717) is 38.4 Å². The minimum Gasteiger partial charge on any atom is -0.493 e. The van der Waals surface area contributed by atoms with Crippen LogP contribution in [0.5, 0.6) is 11.5 Å². The Kier molecular flexibility index (Phi) is 9.54. The van der Waals surface area contributed by atoms with Crippen LogP contribution in [0.15, 0.2) is 94.9 Å². The summed E-state index contributed by atoms with van der Waals surface area (Å²) < 4.78 is 38.3. The van der Waals surface area contributed by atoms with Crippen molar-refractivity contribution in [3.05, 3.63) is 117 Å². The molecule has 0 bridgehead atoms. The van der Waals surface area contributed by atoms with Crippen molar-refractivity contribution < 1.29 is 22.7 Å². The van der Waals surface area contributed by atoms with Gasteiger partial charge in [0.2, 0.25) is 0 Å². The van der Waals surface area contributed by atoms with Gasteiger partial charge < -0.3 is 9.47 Å². The molecule has 41 heavy (non-hydrogen) atoms. The Bertz CT molecular complexity index is 1680. The van der Waals surface area contributed by atoms with E-state index in [1.165, 1.54) is 36.8 Å². The Morgan fingerprint density at radius 3 is 2.32 bits per heavy atom. The summed E-state index contributed by atoms with van der Waals surface area (Å²) in [5, 5.41) is 5.07. The van der Waals surface area contributed by atoms with Crippen LogP contribution in [0.25, 0.3) is 0 Å². The number of aryl methyl sites for hydroxylation is 1. The molecule has 1 amide bonds. The van der Waals surface area contributed by atoms with Crippen molar-refractivity contribution in [2.75, 3.05) is 18.5 Å². The Morgan fingerprint density at radius 2 is 1.66 bits per heavy atom. The monoisotopic (exact) mass is 611 g/mol. The molecule has 0 spiro atoms. The number of rotatable bonds is 10. The number of amides is 1. The zero-order valence-electron chi connectivity index (χ0n) is 22.5. The lowest BCUT2D eigenvalue weighted by molar-refractivity contribution is 0.0955. The highest BCUT2D eigenvalue weighted by molar-refractivity contribution is 7.92. The molecule has 0 aliphatic heterocycles. The molecule has 0 aromatic heterocycles. The minimum atomic E-state index is -3.74. The van der Waals surface area contributed by atoms with Crippen LogP contribution in [0.1, 0.15) is 27.0 Å². The highest BCUT2D eigenvalue weighted by atomic mass is 35.5. The van der Waals surface area contributed by atoms with Crippen molar-refractivity contribution in [1.82, 2.24) is 5.43 Å². The van der Waals surface area contributed by atoms with Crippen LogP contribution in [0, 0.1) is 6.92 Å². The number of nitrogens with zero attached hydrogens (tertiary/aromatic N) is 2. The third kappa shape index (κ3) is 7.38. The van der Waals surface area contributed by atoms with Gasteiger partial charge in [0.25, 0.3) is 15.9 Å². The van der Waals surface area contributed by atoms with E-state index in [9.17, 15) is 13.2 Å². The third-order valence-electron chi connectivity index (χ3n) is 6.14. The number of hydrazone groups is 1. The number of hydrogen-bond acceptors (Lipinski definition) is 6. The first-order chi connectivity index (χ1) is 19.6. The summed E-state index contributed by atoms with van der Waals surface area (Å²) in [6.07, 6.45) is 1.47. The molecule has 4 rings (SSSR count). The fraction of sp³-hybridized carbons (Fsp3) is 0.133. The quantitative estimate of drug-likeness (QED) is 0.163. The molecule has 4 aromatic carbocycles. The molecule has 8 nitrogen and oxygen atoms in total. The standard InChI is InChI=1S/C30H27Cl2N3O5S/c1-20-4-13-26(14-5-20)41(37,38)35(2)25-11-8-22(9-12-25)30(36)34-33-18-21-6-15-28(29(16-21)39-3)40-19-23-7-10-24(31)17-27(23)32/h4-18H,19H2,1-3H3,(H,34,36)/b33-18-. The van der Waals surface area contributed by atoms with Gasteiger partial charge in [0.05, 0.1) is 23.9 Å². The predicted octanol–water partition coefficient (Wildman–Crippen LogP) is 6.48. The molecule has 0 unspecified atom stereocenters. The Hall–Kier alpha value is -4.05. The summed E-state index contributed by atoms with van der Waals surface area (Å²) in [6.45, 7) is 2.11. The van der Waals surface area contributed by atoms with E-state index < -0.39 is 15.9 Å². The summed E-state index contributed by atoms with van der Waals surface area (Å²) in [6, 6.07) is 23.2. The normalized spacial score (nSPS) is 11.3. The van der Waals surface area contributed by atoms with E-state index >= 15 is 0 Å². The fourth-order valence-electron chi connectivity index (χ4n) is 3.74. The van der Waals surface area contributed by atoms with E-state index in [4.69, 9.17) is 32.7 Å². The van der Waals surface area contributed by atoms with Crippen LogP contribution in [0.3, 0.4) is 0 Å². The van der Waals surface area contributed by atoms with Crippen molar-refractivity contribution in [2.45, 2.75) is 18.4 Å². The second kappa shape index (κ2) is 13.1. The maximum absolute atomic E-state index is 12.9. The van der Waals surface area contributed by atoms with Crippen molar-refractivity contribution >= 4 is 51.0 Å². The van der Waals surface area contributed by atoms with E-state index in [2.05, 4.69) is 10.5 Å². The molecule has 1 N–H and O–H groups in total. The van der Waals surface area contributed by atoms with Crippen molar-refractivity contribution in [1.29, 1.82) is 0 Å². The van der Waals surface area contributed by atoms with Gasteiger partial charge in [0.15, 0.2) is 11.5 Å². The topological polar surface area (TPSA) is 97.3 Å². The lowest BCUT2D eigenvalue weighted by atomic mass is 10.2. The highest BCUT2D eigenvalue weighted by Crippen LogP contribution is 2.30. The summed E-state index contributed by atoms with van der Waals surface area (Å²) in [7, 11) is -0.752. The summed E-state index contributed by atoms with van der Waals surface area (Å²) in [4.78, 5) is 12.8. The number of anilines is 1. The number of methoxy groups -OCH3 is 1. The van der Waals surface area contributed by atoms with E-state index in [0.717, 1.165) is 11.1 Å². The number of benzene rings is 4. The minimum absolute atomic E-state index is 0.184. The van der Waals surface area contributed by atoms with Gasteiger partial charge in [0.1, 0.15) is 6.61 Å².